The number of rotatable bonds is 7. The van der Waals surface area contributed by atoms with Crippen LogP contribution in [0.1, 0.15) is 17.3 Å². The fourth-order valence-electron chi connectivity index (χ4n) is 8.96. The fraction of sp³-hybridized carbons (Fsp3) is 0.0172. The molecular formula is C58H38N4O. The van der Waals surface area contributed by atoms with Crippen LogP contribution >= 0.6 is 0 Å². The first kappa shape index (κ1) is 36.4. The quantitative estimate of drug-likeness (QED) is 0.161. The summed E-state index contributed by atoms with van der Waals surface area (Å²) < 4.78 is 9.06. The van der Waals surface area contributed by atoms with E-state index >= 15 is 0 Å². The highest BCUT2D eigenvalue weighted by molar-refractivity contribution is 6.11. The summed E-state index contributed by atoms with van der Waals surface area (Å²) in [5.41, 5.74) is 13.5. The van der Waals surface area contributed by atoms with Crippen LogP contribution in [-0.4, -0.2) is 19.5 Å². The summed E-state index contributed by atoms with van der Waals surface area (Å²) in [4.78, 5) is 15.3. The van der Waals surface area contributed by atoms with Crippen molar-refractivity contribution in [3.05, 3.63) is 236 Å². The van der Waals surface area contributed by atoms with Crippen LogP contribution < -0.4 is 0 Å². The smallest absolute Gasteiger partial charge is 0.164 e. The van der Waals surface area contributed by atoms with Crippen LogP contribution in [0.4, 0.5) is 0 Å². The van der Waals surface area contributed by atoms with Gasteiger partial charge in [-0.15, -0.1) is 0 Å². The number of fused-ring (bicyclic) bond motifs is 6. The summed E-state index contributed by atoms with van der Waals surface area (Å²) in [6.45, 7) is 0. The number of hydrogen-bond donors (Lipinski definition) is 0. The SMILES string of the molecule is C1=CC(c2ccccc2)C=CC(c2nc(-c3ccc(-c4ccccc4)cc3)nc(-c3ccc4c(c3)oc3cc(-n5c6ccccc6c6cc(-c7ccccc7)ccc65)ccc34)n2)=C1. The van der Waals surface area contributed by atoms with E-state index in [0.717, 1.165) is 66.5 Å². The third kappa shape index (κ3) is 6.64. The van der Waals surface area contributed by atoms with Gasteiger partial charge < -0.3 is 8.98 Å². The first-order chi connectivity index (χ1) is 31.2. The molecule has 0 aliphatic heterocycles. The summed E-state index contributed by atoms with van der Waals surface area (Å²) in [7, 11) is 0. The van der Waals surface area contributed by atoms with Crippen LogP contribution in [0.2, 0.25) is 0 Å². The van der Waals surface area contributed by atoms with Crippen molar-refractivity contribution < 1.29 is 4.42 Å². The van der Waals surface area contributed by atoms with E-state index in [-0.39, 0.29) is 5.92 Å². The van der Waals surface area contributed by atoms with Crippen LogP contribution in [0.25, 0.3) is 100 Å². The number of furan rings is 1. The summed E-state index contributed by atoms with van der Waals surface area (Å²) in [6, 6.07) is 68.1. The van der Waals surface area contributed by atoms with Crippen molar-refractivity contribution >= 4 is 49.3 Å². The van der Waals surface area contributed by atoms with Gasteiger partial charge in [0.15, 0.2) is 17.5 Å². The van der Waals surface area contributed by atoms with Gasteiger partial charge in [0.2, 0.25) is 0 Å². The Morgan fingerprint density at radius 2 is 0.968 bits per heavy atom. The maximum absolute atomic E-state index is 6.73. The monoisotopic (exact) mass is 806 g/mol. The third-order valence-corrected chi connectivity index (χ3v) is 12.2. The Hall–Kier alpha value is -8.41. The number of benzene rings is 8. The Morgan fingerprint density at radius 3 is 1.75 bits per heavy atom. The molecule has 5 heteroatoms. The Morgan fingerprint density at radius 1 is 0.397 bits per heavy atom. The molecule has 0 radical (unpaired) electrons. The van der Waals surface area contributed by atoms with Crippen molar-refractivity contribution in [2.45, 2.75) is 5.92 Å². The standard InChI is InChI=1S/C58H38N4O/c1-4-13-38(14-5-1)41-19-12-20-43(26-23-41)56-59-57(44-27-24-42(25-28-44)39-15-6-2-7-16-39)61-58(60-56)46-29-32-49-50-33-31-47(37-55(50)63-54(49)36-46)62-52-22-11-10-21-48(52)51-35-45(30-34-53(51)62)40-17-8-3-9-18-40/h1-37,41H. The molecule has 0 spiro atoms. The number of nitrogens with zero attached hydrogens (tertiary/aromatic N) is 4. The maximum Gasteiger partial charge on any atom is 0.164 e. The summed E-state index contributed by atoms with van der Waals surface area (Å²) in [5, 5.41) is 4.51. The highest BCUT2D eigenvalue weighted by Crippen LogP contribution is 2.38. The number of aromatic nitrogens is 4. The van der Waals surface area contributed by atoms with E-state index in [2.05, 4.69) is 217 Å². The minimum atomic E-state index is 0.143. The lowest BCUT2D eigenvalue weighted by atomic mass is 9.98. The second kappa shape index (κ2) is 15.2. The minimum absolute atomic E-state index is 0.143. The van der Waals surface area contributed by atoms with Gasteiger partial charge in [-0.05, 0) is 70.3 Å². The van der Waals surface area contributed by atoms with Crippen LogP contribution in [0.5, 0.6) is 0 Å². The Labute approximate surface area is 364 Å². The van der Waals surface area contributed by atoms with E-state index in [4.69, 9.17) is 19.4 Å². The molecule has 0 fully saturated rings. The predicted octanol–water partition coefficient (Wildman–Crippen LogP) is 14.8. The van der Waals surface area contributed by atoms with Gasteiger partial charge in [-0.1, -0.05) is 176 Å². The van der Waals surface area contributed by atoms with Crippen molar-refractivity contribution in [2.24, 2.45) is 0 Å². The lowest BCUT2D eigenvalue weighted by Gasteiger charge is -2.10. The molecule has 5 nitrogen and oxygen atoms in total. The van der Waals surface area contributed by atoms with Crippen LogP contribution in [-0.2, 0) is 0 Å². The van der Waals surface area contributed by atoms with Crippen molar-refractivity contribution in [3.8, 4) is 50.7 Å². The van der Waals surface area contributed by atoms with Gasteiger partial charge in [-0.25, -0.2) is 15.0 Å². The van der Waals surface area contributed by atoms with E-state index in [1.165, 1.54) is 27.5 Å². The summed E-state index contributed by atoms with van der Waals surface area (Å²) in [6.07, 6.45) is 10.7. The van der Waals surface area contributed by atoms with Crippen molar-refractivity contribution in [1.29, 1.82) is 0 Å². The van der Waals surface area contributed by atoms with Crippen molar-refractivity contribution in [2.75, 3.05) is 0 Å². The molecule has 12 rings (SSSR count). The average molecular weight is 807 g/mol. The molecule has 296 valence electrons. The van der Waals surface area contributed by atoms with Gasteiger partial charge in [0.05, 0.1) is 11.0 Å². The first-order valence-electron chi connectivity index (χ1n) is 21.3. The predicted molar refractivity (Wildman–Crippen MR) is 259 cm³/mol. The molecule has 63 heavy (non-hydrogen) atoms. The molecule has 0 amide bonds. The van der Waals surface area contributed by atoms with E-state index in [1.54, 1.807) is 0 Å². The average Bonchev–Trinajstić information content (AvgIpc) is 3.77. The van der Waals surface area contributed by atoms with Crippen LogP contribution in [0, 0.1) is 0 Å². The number of para-hydroxylation sites is 1. The van der Waals surface area contributed by atoms with Gasteiger partial charge in [-0.3, -0.25) is 0 Å². The molecule has 8 aromatic carbocycles. The zero-order chi connectivity index (χ0) is 41.7. The minimum Gasteiger partial charge on any atom is -0.456 e. The molecule has 0 saturated heterocycles. The first-order valence-corrected chi connectivity index (χ1v) is 21.3. The lowest BCUT2D eigenvalue weighted by molar-refractivity contribution is 0.668. The third-order valence-electron chi connectivity index (χ3n) is 12.2. The van der Waals surface area contributed by atoms with Crippen LogP contribution in [0.15, 0.2) is 229 Å². The second-order valence-corrected chi connectivity index (χ2v) is 16.0. The molecule has 3 heterocycles. The summed E-state index contributed by atoms with van der Waals surface area (Å²) in [5.74, 6) is 1.93. The van der Waals surface area contributed by atoms with E-state index in [0.29, 0.717) is 17.5 Å². The zero-order valence-electron chi connectivity index (χ0n) is 34.1. The molecule has 1 unspecified atom stereocenters. The molecule has 11 aromatic rings. The molecule has 0 saturated carbocycles. The lowest BCUT2D eigenvalue weighted by Crippen LogP contribution is -2.02. The zero-order valence-corrected chi connectivity index (χ0v) is 34.1. The van der Waals surface area contributed by atoms with E-state index in [1.807, 2.05) is 12.1 Å². The fourth-order valence-corrected chi connectivity index (χ4v) is 8.96. The van der Waals surface area contributed by atoms with Gasteiger partial charge in [0, 0.05) is 55.9 Å². The highest BCUT2D eigenvalue weighted by Gasteiger charge is 2.18. The normalized spacial score (nSPS) is 13.8. The number of allylic oxidation sites excluding steroid dienone is 6. The topological polar surface area (TPSA) is 56.7 Å². The highest BCUT2D eigenvalue weighted by atomic mass is 16.3. The maximum atomic E-state index is 6.73. The molecule has 1 aliphatic carbocycles. The largest absolute Gasteiger partial charge is 0.456 e. The Bertz CT molecular complexity index is 3600. The van der Waals surface area contributed by atoms with Gasteiger partial charge in [0.1, 0.15) is 11.2 Å². The van der Waals surface area contributed by atoms with Gasteiger partial charge in [-0.2, -0.15) is 0 Å². The second-order valence-electron chi connectivity index (χ2n) is 16.0. The molecular weight excluding hydrogens is 769 g/mol. The molecule has 3 aromatic heterocycles. The molecule has 0 bridgehead atoms. The Balaban J connectivity index is 0.946. The van der Waals surface area contributed by atoms with Crippen molar-refractivity contribution in [1.82, 2.24) is 19.5 Å². The van der Waals surface area contributed by atoms with Crippen molar-refractivity contribution in [3.63, 3.8) is 0 Å². The van der Waals surface area contributed by atoms with E-state index in [9.17, 15) is 0 Å². The Kier molecular flexibility index (Phi) is 8.82. The molecule has 1 atom stereocenters. The number of hydrogen-bond acceptors (Lipinski definition) is 4. The summed E-state index contributed by atoms with van der Waals surface area (Å²) >= 11 is 0. The molecule has 1 aliphatic rings. The van der Waals surface area contributed by atoms with E-state index < -0.39 is 0 Å². The van der Waals surface area contributed by atoms with Gasteiger partial charge in [0.25, 0.3) is 0 Å². The van der Waals surface area contributed by atoms with Crippen LogP contribution in [0.3, 0.4) is 0 Å². The molecule has 0 N–H and O–H groups in total. The van der Waals surface area contributed by atoms with Gasteiger partial charge >= 0.3 is 0 Å².